The van der Waals surface area contributed by atoms with Crippen molar-refractivity contribution in [3.05, 3.63) is 138 Å². The summed E-state index contributed by atoms with van der Waals surface area (Å²) in [4.78, 5) is 19.0. The van der Waals surface area contributed by atoms with Crippen molar-refractivity contribution >= 4 is 52.8 Å². The molecule has 8 nitrogen and oxygen atoms in total. The van der Waals surface area contributed by atoms with Crippen molar-refractivity contribution in [3.63, 3.8) is 0 Å². The zero-order valence-corrected chi connectivity index (χ0v) is 23.3. The lowest BCUT2D eigenvalue weighted by molar-refractivity contribution is 0.112. The van der Waals surface area contributed by atoms with Crippen LogP contribution in [0.1, 0.15) is 21.5 Å². The molecule has 0 unspecified atom stereocenters. The van der Waals surface area contributed by atoms with Crippen molar-refractivity contribution in [1.29, 1.82) is 0 Å². The number of nitrogens with two attached hydrogens (primary N) is 4. The van der Waals surface area contributed by atoms with Gasteiger partial charge in [-0.2, -0.15) is 0 Å². The zero-order valence-electron chi connectivity index (χ0n) is 23.3. The predicted molar refractivity (Wildman–Crippen MR) is 176 cm³/mol. The van der Waals surface area contributed by atoms with Crippen LogP contribution in [0.25, 0.3) is 0 Å². The Kier molecular flexibility index (Phi) is 11.9. The molecule has 0 amide bonds. The van der Waals surface area contributed by atoms with Crippen LogP contribution in [-0.2, 0) is 0 Å². The molecule has 0 bridgehead atoms. The summed E-state index contributed by atoms with van der Waals surface area (Å²) in [5.41, 5.74) is 29.5. The Balaban J connectivity index is 0.000000219. The van der Waals surface area contributed by atoms with Crippen molar-refractivity contribution in [1.82, 2.24) is 0 Å². The van der Waals surface area contributed by atoms with Gasteiger partial charge in [0.25, 0.3) is 0 Å². The molecule has 212 valence electrons. The predicted octanol–water partition coefficient (Wildman–Crippen LogP) is 6.71. The molecule has 5 rings (SSSR count). The molecule has 42 heavy (non-hydrogen) atoms. The van der Waals surface area contributed by atoms with Gasteiger partial charge in [0.05, 0.1) is 18.5 Å². The summed E-state index contributed by atoms with van der Waals surface area (Å²) in [6.07, 6.45) is 4.46. The average Bonchev–Trinajstić information content (AvgIpc) is 3.03. The van der Waals surface area contributed by atoms with Gasteiger partial charge in [0.15, 0.2) is 0 Å². The van der Waals surface area contributed by atoms with Gasteiger partial charge in [-0.25, -0.2) is 0 Å². The maximum absolute atomic E-state index is 10.2. The Morgan fingerprint density at radius 2 is 0.786 bits per heavy atom. The van der Waals surface area contributed by atoms with E-state index in [2.05, 4.69) is 9.98 Å². The van der Waals surface area contributed by atoms with Gasteiger partial charge in [0, 0.05) is 40.7 Å². The second-order valence-electron chi connectivity index (χ2n) is 8.92. The molecule has 8 N–H and O–H groups in total. The standard InChI is InChI=1S/C20H18N4.C8H8O2.C6H8N2/c21-17-5-9-19(10-6-17)23-13-15-1-2-16(4-3-15)14-24-20-11-7-18(22)8-12-20;1-10-8-4-2-7(6-9)3-5-8;7-5-1-2-6(8)4-3-5/h1-14H,21-22H2;2-6H,1H3;1-4H,7-8H2. The van der Waals surface area contributed by atoms with Crippen LogP contribution in [0.15, 0.2) is 131 Å². The van der Waals surface area contributed by atoms with Crippen molar-refractivity contribution in [2.75, 3.05) is 30.0 Å². The second kappa shape index (κ2) is 16.3. The van der Waals surface area contributed by atoms with E-state index in [1.165, 1.54) is 0 Å². The average molecular weight is 559 g/mol. The summed E-state index contributed by atoms with van der Waals surface area (Å²) in [6, 6.07) is 36.9. The topological polar surface area (TPSA) is 155 Å². The molecule has 0 aliphatic rings. The number of aliphatic imine (C=N–C) groups is 2. The highest BCUT2D eigenvalue weighted by Gasteiger charge is 1.93. The Morgan fingerprint density at radius 1 is 0.476 bits per heavy atom. The summed E-state index contributed by atoms with van der Waals surface area (Å²) in [7, 11) is 1.59. The number of carbonyl (C=O) groups is 1. The second-order valence-corrected chi connectivity index (χ2v) is 8.92. The molecule has 0 spiro atoms. The molecule has 0 aromatic heterocycles. The Morgan fingerprint density at radius 3 is 1.10 bits per heavy atom. The minimum absolute atomic E-state index is 0.667. The molecule has 0 aliphatic heterocycles. The molecule has 0 fully saturated rings. The van der Waals surface area contributed by atoms with Crippen molar-refractivity contribution in [3.8, 4) is 5.75 Å². The first-order chi connectivity index (χ1) is 20.3. The monoisotopic (exact) mass is 558 g/mol. The quantitative estimate of drug-likeness (QED) is 0.103. The molecule has 8 heteroatoms. The van der Waals surface area contributed by atoms with E-state index < -0.39 is 0 Å². The van der Waals surface area contributed by atoms with Gasteiger partial charge in [0.1, 0.15) is 12.0 Å². The molecule has 5 aromatic rings. The number of carbonyl (C=O) groups excluding carboxylic acids is 1. The number of ether oxygens (including phenoxy) is 1. The van der Waals surface area contributed by atoms with Gasteiger partial charge in [0.2, 0.25) is 0 Å². The molecule has 5 aromatic carbocycles. The third-order valence-corrected chi connectivity index (χ3v) is 5.64. The van der Waals surface area contributed by atoms with Gasteiger partial charge in [-0.15, -0.1) is 0 Å². The van der Waals surface area contributed by atoms with Crippen LogP contribution in [0.2, 0.25) is 0 Å². The maximum Gasteiger partial charge on any atom is 0.150 e. The number of aldehydes is 1. The highest BCUT2D eigenvalue weighted by Crippen LogP contribution is 2.16. The lowest BCUT2D eigenvalue weighted by Gasteiger charge is -1.98. The first-order valence-electron chi connectivity index (χ1n) is 12.9. The van der Waals surface area contributed by atoms with Gasteiger partial charge in [-0.3, -0.25) is 14.8 Å². The number of benzene rings is 5. The maximum atomic E-state index is 10.2. The zero-order chi connectivity index (χ0) is 30.2. The number of methoxy groups -OCH3 is 1. The van der Waals surface area contributed by atoms with Crippen LogP contribution in [0.3, 0.4) is 0 Å². The van der Waals surface area contributed by atoms with E-state index >= 15 is 0 Å². The minimum Gasteiger partial charge on any atom is -0.497 e. The molecule has 0 atom stereocenters. The van der Waals surface area contributed by atoms with E-state index in [4.69, 9.17) is 27.7 Å². The van der Waals surface area contributed by atoms with Gasteiger partial charge >= 0.3 is 0 Å². The Bertz CT molecular complexity index is 1470. The first kappa shape index (κ1) is 30.6. The summed E-state index contributed by atoms with van der Waals surface area (Å²) in [5.74, 6) is 0.769. The number of nitrogens with zero attached hydrogens (tertiary/aromatic N) is 2. The SMILES string of the molecule is COc1ccc(C=O)cc1.Nc1ccc(N)cc1.Nc1ccc(N=Cc2ccc(C=Nc3ccc(N)cc3)cc2)cc1. The first-order valence-corrected chi connectivity index (χ1v) is 12.9. The minimum atomic E-state index is 0.667. The molecular weight excluding hydrogens is 524 g/mol. The van der Waals surface area contributed by atoms with Crippen LogP contribution in [0.5, 0.6) is 5.75 Å². The molecular formula is C34H34N6O2. The molecule has 0 aliphatic carbocycles. The number of nitrogen functional groups attached to an aromatic ring is 4. The number of rotatable bonds is 6. The Hall–Kier alpha value is -5.89. The number of hydrogen-bond donors (Lipinski definition) is 4. The smallest absolute Gasteiger partial charge is 0.150 e. The lowest BCUT2D eigenvalue weighted by atomic mass is 10.1. The number of anilines is 4. The van der Waals surface area contributed by atoms with Gasteiger partial charge in [-0.05, 0) is 108 Å². The normalized spacial score (nSPS) is 10.3. The van der Waals surface area contributed by atoms with Crippen LogP contribution < -0.4 is 27.7 Å². The third kappa shape index (κ3) is 11.1. The fraction of sp³-hybridized carbons (Fsp3) is 0.0294. The highest BCUT2D eigenvalue weighted by atomic mass is 16.5. The van der Waals surface area contributed by atoms with Crippen molar-refractivity contribution in [2.45, 2.75) is 0 Å². The lowest BCUT2D eigenvalue weighted by Crippen LogP contribution is -1.86. The van der Waals surface area contributed by atoms with Gasteiger partial charge < -0.3 is 27.7 Å². The van der Waals surface area contributed by atoms with Crippen LogP contribution >= 0.6 is 0 Å². The van der Waals surface area contributed by atoms with E-state index in [9.17, 15) is 4.79 Å². The van der Waals surface area contributed by atoms with Crippen LogP contribution in [0.4, 0.5) is 34.1 Å². The van der Waals surface area contributed by atoms with E-state index in [1.807, 2.05) is 85.2 Å². The molecule has 0 saturated carbocycles. The van der Waals surface area contributed by atoms with Crippen molar-refractivity contribution in [2.24, 2.45) is 9.98 Å². The number of hydrogen-bond acceptors (Lipinski definition) is 8. The molecule has 0 heterocycles. The van der Waals surface area contributed by atoms with Gasteiger partial charge in [-0.1, -0.05) is 24.3 Å². The van der Waals surface area contributed by atoms with E-state index in [0.29, 0.717) is 5.56 Å². The van der Waals surface area contributed by atoms with Crippen LogP contribution in [0, 0.1) is 0 Å². The van der Waals surface area contributed by atoms with E-state index in [0.717, 1.165) is 57.3 Å². The molecule has 0 saturated heterocycles. The highest BCUT2D eigenvalue weighted by molar-refractivity contribution is 5.86. The van der Waals surface area contributed by atoms with Crippen LogP contribution in [-0.4, -0.2) is 25.8 Å². The van der Waals surface area contributed by atoms with E-state index in [-0.39, 0.29) is 0 Å². The molecule has 0 radical (unpaired) electrons. The summed E-state index contributed by atoms with van der Waals surface area (Å²) < 4.78 is 4.90. The fourth-order valence-corrected chi connectivity index (χ4v) is 3.27. The summed E-state index contributed by atoms with van der Waals surface area (Å²) in [6.45, 7) is 0. The third-order valence-electron chi connectivity index (χ3n) is 5.64. The largest absolute Gasteiger partial charge is 0.497 e. The van der Waals surface area contributed by atoms with E-state index in [1.54, 1.807) is 55.6 Å². The Labute approximate surface area is 246 Å². The van der Waals surface area contributed by atoms with Crippen molar-refractivity contribution < 1.29 is 9.53 Å². The summed E-state index contributed by atoms with van der Waals surface area (Å²) in [5, 5.41) is 0. The summed E-state index contributed by atoms with van der Waals surface area (Å²) >= 11 is 0. The fourth-order valence-electron chi connectivity index (χ4n) is 3.27.